The van der Waals surface area contributed by atoms with Gasteiger partial charge in [-0.2, -0.15) is 0 Å². The first-order valence-corrected chi connectivity index (χ1v) is 7.74. The van der Waals surface area contributed by atoms with Crippen LogP contribution in [0, 0.1) is 6.92 Å². The first-order chi connectivity index (χ1) is 9.25. The largest absolute Gasteiger partial charge is 0.394 e. The van der Waals surface area contributed by atoms with Crippen molar-refractivity contribution in [1.82, 2.24) is 9.71 Å². The van der Waals surface area contributed by atoms with Crippen molar-refractivity contribution in [3.63, 3.8) is 0 Å². The van der Waals surface area contributed by atoms with E-state index in [1.165, 1.54) is 6.07 Å². The molecule has 0 bridgehead atoms. The molecular weight excluding hydrogens is 276 g/mol. The fourth-order valence-corrected chi connectivity index (χ4v) is 3.50. The molecule has 2 N–H and O–H groups in total. The number of rotatable bonds is 4. The van der Waals surface area contributed by atoms with Crippen LogP contribution in [0.4, 0.5) is 0 Å². The van der Waals surface area contributed by atoms with Gasteiger partial charge in [-0.15, -0.1) is 0 Å². The summed E-state index contributed by atoms with van der Waals surface area (Å²) in [4.78, 5) is 4.34. The van der Waals surface area contributed by atoms with E-state index in [0.29, 0.717) is 5.52 Å². The zero-order chi connectivity index (χ0) is 15.0. The number of fused-ring (bicyclic) bond motifs is 1. The summed E-state index contributed by atoms with van der Waals surface area (Å²) >= 11 is 0. The normalized spacial score (nSPS) is 12.8. The van der Waals surface area contributed by atoms with E-state index >= 15 is 0 Å². The van der Waals surface area contributed by atoms with E-state index in [1.54, 1.807) is 26.1 Å². The Hall–Kier alpha value is -1.50. The monoisotopic (exact) mass is 294 g/mol. The summed E-state index contributed by atoms with van der Waals surface area (Å²) in [5.41, 5.74) is 0.473. The van der Waals surface area contributed by atoms with Crippen LogP contribution in [0.1, 0.15) is 19.4 Å². The molecule has 0 radical (unpaired) electrons. The number of aliphatic hydroxyl groups excluding tert-OH is 1. The lowest BCUT2D eigenvalue weighted by molar-refractivity contribution is 0.208. The van der Waals surface area contributed by atoms with Crippen molar-refractivity contribution in [2.45, 2.75) is 31.2 Å². The van der Waals surface area contributed by atoms with Gasteiger partial charge in [0, 0.05) is 11.6 Å². The Morgan fingerprint density at radius 3 is 2.70 bits per heavy atom. The van der Waals surface area contributed by atoms with Crippen LogP contribution in [0.2, 0.25) is 0 Å². The molecule has 1 aromatic heterocycles. The Bertz CT molecular complexity index is 739. The van der Waals surface area contributed by atoms with Crippen LogP contribution in [0.25, 0.3) is 10.9 Å². The van der Waals surface area contributed by atoms with E-state index < -0.39 is 15.6 Å². The van der Waals surface area contributed by atoms with Gasteiger partial charge in [0.15, 0.2) is 0 Å². The van der Waals surface area contributed by atoms with E-state index in [4.69, 9.17) is 0 Å². The zero-order valence-electron chi connectivity index (χ0n) is 11.7. The first-order valence-electron chi connectivity index (χ1n) is 6.25. The minimum absolute atomic E-state index is 0.122. The number of aryl methyl sites for hydroxylation is 1. The second kappa shape index (κ2) is 5.12. The molecule has 20 heavy (non-hydrogen) atoms. The van der Waals surface area contributed by atoms with E-state index in [-0.39, 0.29) is 11.5 Å². The van der Waals surface area contributed by atoms with Crippen molar-refractivity contribution in [2.75, 3.05) is 6.61 Å². The van der Waals surface area contributed by atoms with Gasteiger partial charge < -0.3 is 5.11 Å². The number of pyridine rings is 1. The molecule has 0 aliphatic rings. The van der Waals surface area contributed by atoms with E-state index in [0.717, 1.165) is 10.9 Å². The molecule has 2 rings (SSSR count). The Balaban J connectivity index is 2.58. The summed E-state index contributed by atoms with van der Waals surface area (Å²) in [6.45, 7) is 4.85. The predicted molar refractivity (Wildman–Crippen MR) is 78.0 cm³/mol. The van der Waals surface area contributed by atoms with E-state index in [1.807, 2.05) is 19.1 Å². The Morgan fingerprint density at radius 1 is 1.35 bits per heavy atom. The predicted octanol–water partition coefficient (Wildman–Crippen LogP) is 1.59. The SMILES string of the molecule is Cc1cnc2c(S(=O)(=O)NC(C)(C)CO)cccc2c1. The van der Waals surface area contributed by atoms with Gasteiger partial charge in [0.05, 0.1) is 17.7 Å². The second-order valence-corrected chi connectivity index (χ2v) is 7.14. The lowest BCUT2D eigenvalue weighted by Gasteiger charge is -2.23. The summed E-state index contributed by atoms with van der Waals surface area (Å²) in [5.74, 6) is 0. The summed E-state index contributed by atoms with van der Waals surface area (Å²) in [5, 5.41) is 9.98. The molecule has 0 unspecified atom stereocenters. The number of aliphatic hydroxyl groups is 1. The number of benzene rings is 1. The third-order valence-corrected chi connectivity index (χ3v) is 4.64. The molecule has 0 spiro atoms. The van der Waals surface area contributed by atoms with E-state index in [2.05, 4.69) is 9.71 Å². The Kier molecular flexibility index (Phi) is 3.82. The topological polar surface area (TPSA) is 79.3 Å². The van der Waals surface area contributed by atoms with Crippen LogP contribution >= 0.6 is 0 Å². The molecule has 0 amide bonds. The van der Waals surface area contributed by atoms with Gasteiger partial charge in [-0.05, 0) is 38.5 Å². The van der Waals surface area contributed by atoms with Gasteiger partial charge in [-0.3, -0.25) is 4.98 Å². The highest BCUT2D eigenvalue weighted by molar-refractivity contribution is 7.89. The van der Waals surface area contributed by atoms with Gasteiger partial charge in [0.2, 0.25) is 10.0 Å². The molecule has 1 heterocycles. The standard InChI is InChI=1S/C14H18N2O3S/c1-10-7-11-5-4-6-12(13(11)15-8-10)20(18,19)16-14(2,3)9-17/h4-8,16-17H,9H2,1-3H3. The Labute approximate surface area is 118 Å². The lowest BCUT2D eigenvalue weighted by Crippen LogP contribution is -2.46. The van der Waals surface area contributed by atoms with Gasteiger partial charge in [0.25, 0.3) is 0 Å². The van der Waals surface area contributed by atoms with Crippen LogP contribution in [0.15, 0.2) is 35.4 Å². The molecule has 6 heteroatoms. The highest BCUT2D eigenvalue weighted by Crippen LogP contribution is 2.22. The quantitative estimate of drug-likeness (QED) is 0.897. The summed E-state index contributed by atoms with van der Waals surface area (Å²) in [6.07, 6.45) is 1.64. The number of sulfonamides is 1. The number of para-hydroxylation sites is 1. The van der Waals surface area contributed by atoms with E-state index in [9.17, 15) is 13.5 Å². The summed E-state index contributed by atoms with van der Waals surface area (Å²) in [7, 11) is -3.74. The molecule has 5 nitrogen and oxygen atoms in total. The fourth-order valence-electron chi connectivity index (χ4n) is 1.91. The molecule has 0 atom stereocenters. The van der Waals surface area contributed by atoms with Gasteiger partial charge in [-0.25, -0.2) is 13.1 Å². The van der Waals surface area contributed by atoms with Crippen molar-refractivity contribution < 1.29 is 13.5 Å². The van der Waals surface area contributed by atoms with Crippen molar-refractivity contribution in [3.05, 3.63) is 36.0 Å². The molecule has 1 aromatic carbocycles. The fraction of sp³-hybridized carbons (Fsp3) is 0.357. The average molecular weight is 294 g/mol. The third-order valence-electron chi connectivity index (χ3n) is 2.91. The number of nitrogens with zero attached hydrogens (tertiary/aromatic N) is 1. The minimum atomic E-state index is -3.74. The molecule has 0 fully saturated rings. The molecule has 0 aliphatic carbocycles. The van der Waals surface area contributed by atoms with Crippen molar-refractivity contribution in [3.8, 4) is 0 Å². The van der Waals surface area contributed by atoms with Crippen LogP contribution < -0.4 is 4.72 Å². The van der Waals surface area contributed by atoms with Gasteiger partial charge >= 0.3 is 0 Å². The average Bonchev–Trinajstić information content (AvgIpc) is 2.36. The molecule has 0 aliphatic heterocycles. The maximum atomic E-state index is 12.4. The third kappa shape index (κ3) is 2.98. The second-order valence-electron chi connectivity index (χ2n) is 5.49. The summed E-state index contributed by atoms with van der Waals surface area (Å²) in [6, 6.07) is 6.91. The number of nitrogens with one attached hydrogen (secondary N) is 1. The number of hydrogen-bond acceptors (Lipinski definition) is 4. The van der Waals surface area contributed by atoms with Crippen LogP contribution in [0.5, 0.6) is 0 Å². The summed E-state index contributed by atoms with van der Waals surface area (Å²) < 4.78 is 27.4. The highest BCUT2D eigenvalue weighted by atomic mass is 32.2. The maximum absolute atomic E-state index is 12.4. The van der Waals surface area contributed by atoms with Crippen LogP contribution in [0.3, 0.4) is 0 Å². The lowest BCUT2D eigenvalue weighted by atomic mass is 10.1. The molecule has 0 saturated heterocycles. The van der Waals surface area contributed by atoms with Crippen molar-refractivity contribution >= 4 is 20.9 Å². The minimum Gasteiger partial charge on any atom is -0.394 e. The van der Waals surface area contributed by atoms with Crippen molar-refractivity contribution in [1.29, 1.82) is 0 Å². The molecule has 108 valence electrons. The highest BCUT2D eigenvalue weighted by Gasteiger charge is 2.27. The first kappa shape index (κ1) is 14.9. The zero-order valence-corrected chi connectivity index (χ0v) is 12.5. The van der Waals surface area contributed by atoms with Crippen molar-refractivity contribution in [2.24, 2.45) is 0 Å². The van der Waals surface area contributed by atoms with Crippen LogP contribution in [-0.2, 0) is 10.0 Å². The number of hydrogen-bond donors (Lipinski definition) is 2. The molecule has 2 aromatic rings. The van der Waals surface area contributed by atoms with Gasteiger partial charge in [-0.1, -0.05) is 12.1 Å². The van der Waals surface area contributed by atoms with Gasteiger partial charge in [0.1, 0.15) is 4.90 Å². The molecule has 0 saturated carbocycles. The Morgan fingerprint density at radius 2 is 2.05 bits per heavy atom. The van der Waals surface area contributed by atoms with Crippen LogP contribution in [-0.4, -0.2) is 30.7 Å². The smallest absolute Gasteiger partial charge is 0.243 e. The maximum Gasteiger partial charge on any atom is 0.243 e. The molecular formula is C14H18N2O3S. The number of aromatic nitrogens is 1.